The Bertz CT molecular complexity index is 2130. The average Bonchev–Trinajstić information content (AvgIpc) is 3.89. The van der Waals surface area contributed by atoms with E-state index in [2.05, 4.69) is 106 Å². The maximum atomic E-state index is 12.4. The number of aliphatic hydroxyl groups excluding tert-OH is 1. The van der Waals surface area contributed by atoms with Crippen LogP contribution in [0.15, 0.2) is 137 Å². The van der Waals surface area contributed by atoms with Gasteiger partial charge in [0.1, 0.15) is 5.76 Å². The van der Waals surface area contributed by atoms with Gasteiger partial charge in [-0.3, -0.25) is 4.79 Å². The Morgan fingerprint density at radius 2 is 1.65 bits per heavy atom. The van der Waals surface area contributed by atoms with Crippen LogP contribution in [-0.2, 0) is 9.53 Å². The second-order valence-electron chi connectivity index (χ2n) is 14.2. The molecule has 8 nitrogen and oxygen atoms in total. The molecule has 6 aliphatic rings. The van der Waals surface area contributed by atoms with Crippen LogP contribution in [0.2, 0.25) is 0 Å². The molecule has 5 aliphatic heterocycles. The lowest BCUT2D eigenvalue weighted by Gasteiger charge is -2.20. The molecule has 52 heavy (non-hydrogen) atoms. The topological polar surface area (TPSA) is 98.9 Å². The van der Waals surface area contributed by atoms with E-state index in [-0.39, 0.29) is 17.8 Å². The number of carbonyl (C=O) groups excluding carboxylic acids is 1. The van der Waals surface area contributed by atoms with E-state index >= 15 is 0 Å². The van der Waals surface area contributed by atoms with Crippen molar-refractivity contribution in [2.45, 2.75) is 74.1 Å². The average molecular weight is 696 g/mol. The number of hydrogen-bond acceptors (Lipinski definition) is 8. The molecule has 0 saturated carbocycles. The first-order valence-corrected chi connectivity index (χ1v) is 18.6. The predicted molar refractivity (Wildman–Crippen MR) is 212 cm³/mol. The van der Waals surface area contributed by atoms with Gasteiger partial charge in [0.25, 0.3) is 0 Å². The van der Waals surface area contributed by atoms with Crippen LogP contribution in [0.1, 0.15) is 79.7 Å². The van der Waals surface area contributed by atoms with Crippen LogP contribution in [0.3, 0.4) is 0 Å². The number of rotatable bonds is 9. The molecule has 0 amide bonds. The van der Waals surface area contributed by atoms with Gasteiger partial charge < -0.3 is 20.1 Å². The number of anilines is 1. The second kappa shape index (κ2) is 14.1. The molecule has 268 valence electrons. The fourth-order valence-electron chi connectivity index (χ4n) is 8.28. The molecule has 1 aromatic carbocycles. The van der Waals surface area contributed by atoms with Gasteiger partial charge in [0.15, 0.2) is 0 Å². The number of benzene rings is 1. The van der Waals surface area contributed by atoms with Crippen LogP contribution < -0.4 is 10.2 Å². The molecule has 1 aromatic rings. The van der Waals surface area contributed by atoms with Crippen LogP contribution >= 0.6 is 0 Å². The van der Waals surface area contributed by atoms with Gasteiger partial charge in [-0.15, -0.1) is 0 Å². The molecule has 1 saturated heterocycles. The number of esters is 1. The number of fused-ring (bicyclic) bond motifs is 5. The van der Waals surface area contributed by atoms with Gasteiger partial charge in [-0.1, -0.05) is 38.1 Å². The highest BCUT2D eigenvalue weighted by molar-refractivity contribution is 6.21. The van der Waals surface area contributed by atoms with Crippen molar-refractivity contribution >= 4 is 34.9 Å². The molecule has 0 aromatic heterocycles. The smallest absolute Gasteiger partial charge is 0.305 e. The molecule has 5 heterocycles. The molecule has 0 spiro atoms. The summed E-state index contributed by atoms with van der Waals surface area (Å²) in [7, 11) is 1.43. The van der Waals surface area contributed by atoms with Crippen LogP contribution in [0.4, 0.5) is 5.69 Å². The van der Waals surface area contributed by atoms with Gasteiger partial charge in [0.05, 0.1) is 41.3 Å². The lowest BCUT2D eigenvalue weighted by Crippen LogP contribution is -2.21. The fourth-order valence-corrected chi connectivity index (χ4v) is 8.28. The zero-order valence-electron chi connectivity index (χ0n) is 31.6. The molecule has 2 atom stereocenters. The first kappa shape index (κ1) is 35.2. The predicted octanol–water partition coefficient (Wildman–Crippen LogP) is 9.17. The number of nitrogens with one attached hydrogen (secondary N) is 1. The number of aliphatic hydroxyl groups is 1. The van der Waals surface area contributed by atoms with Crippen molar-refractivity contribution in [1.82, 2.24) is 5.32 Å². The van der Waals surface area contributed by atoms with Crippen molar-refractivity contribution in [2.75, 3.05) is 25.1 Å². The number of carbonyl (C=O) groups is 1. The number of hydrogen-bond donors (Lipinski definition) is 2. The molecule has 2 N–H and O–H groups in total. The van der Waals surface area contributed by atoms with E-state index in [1.54, 1.807) is 0 Å². The Morgan fingerprint density at radius 3 is 2.35 bits per heavy atom. The molecule has 7 rings (SSSR count). The van der Waals surface area contributed by atoms with Gasteiger partial charge in [0.2, 0.25) is 0 Å². The SMILES string of the molecule is CCC1=C(C)C2=NC1=CC1=C(C)C3=C(O)CC(=C4NC(=CC5=NC(=C2)C(/C=C/c2ccc(N(CC)CC)cc2)=C5C)[C@@H](C)[C@@H]4CCC(=O)OC)C3=N1. The summed E-state index contributed by atoms with van der Waals surface area (Å²) in [5.41, 5.74) is 16.7. The number of ether oxygens (including phenoxy) is 1. The highest BCUT2D eigenvalue weighted by atomic mass is 16.5. The van der Waals surface area contributed by atoms with Crippen molar-refractivity contribution in [3.05, 3.63) is 127 Å². The van der Waals surface area contributed by atoms with Crippen LogP contribution in [0, 0.1) is 11.8 Å². The van der Waals surface area contributed by atoms with E-state index in [1.807, 2.05) is 6.92 Å². The van der Waals surface area contributed by atoms with Crippen molar-refractivity contribution in [3.8, 4) is 0 Å². The van der Waals surface area contributed by atoms with Gasteiger partial charge in [0, 0.05) is 71.6 Å². The molecule has 0 radical (unpaired) electrons. The Morgan fingerprint density at radius 1 is 0.942 bits per heavy atom. The Hall–Kier alpha value is -5.24. The van der Waals surface area contributed by atoms with E-state index < -0.39 is 0 Å². The first-order valence-electron chi connectivity index (χ1n) is 18.6. The molecule has 1 aliphatic carbocycles. The number of allylic oxidation sites excluding steroid dienone is 12. The summed E-state index contributed by atoms with van der Waals surface area (Å²) in [5.74, 6) is 0.170. The monoisotopic (exact) mass is 695 g/mol. The summed E-state index contributed by atoms with van der Waals surface area (Å²) in [6, 6.07) is 8.72. The largest absolute Gasteiger partial charge is 0.511 e. The lowest BCUT2D eigenvalue weighted by atomic mass is 9.86. The van der Waals surface area contributed by atoms with Crippen LogP contribution in [0.5, 0.6) is 0 Å². The minimum absolute atomic E-state index is 0.00687. The summed E-state index contributed by atoms with van der Waals surface area (Å²) in [4.78, 5) is 30.3. The van der Waals surface area contributed by atoms with Crippen molar-refractivity contribution in [2.24, 2.45) is 26.8 Å². The van der Waals surface area contributed by atoms with E-state index in [4.69, 9.17) is 19.7 Å². The maximum Gasteiger partial charge on any atom is 0.305 e. The number of nitrogens with zero attached hydrogens (tertiary/aromatic N) is 4. The van der Waals surface area contributed by atoms with E-state index in [9.17, 15) is 9.90 Å². The summed E-state index contributed by atoms with van der Waals surface area (Å²) >= 11 is 0. The summed E-state index contributed by atoms with van der Waals surface area (Å²) in [6.07, 6.45) is 12.8. The molecular weight excluding hydrogens is 647 g/mol. The van der Waals surface area contributed by atoms with E-state index in [0.29, 0.717) is 25.0 Å². The fraction of sp³-hybridized carbons (Fsp3) is 0.364. The summed E-state index contributed by atoms with van der Waals surface area (Å²) < 4.78 is 5.04. The molecule has 1 fully saturated rings. The van der Waals surface area contributed by atoms with E-state index in [0.717, 1.165) is 104 Å². The minimum atomic E-state index is -0.232. The zero-order valence-corrected chi connectivity index (χ0v) is 31.6. The lowest BCUT2D eigenvalue weighted by molar-refractivity contribution is -0.140. The maximum absolute atomic E-state index is 12.4. The summed E-state index contributed by atoms with van der Waals surface area (Å²) in [5, 5.41) is 15.1. The third-order valence-electron chi connectivity index (χ3n) is 11.5. The van der Waals surface area contributed by atoms with Gasteiger partial charge in [-0.05, 0) is 106 Å². The number of methoxy groups -OCH3 is 1. The van der Waals surface area contributed by atoms with Gasteiger partial charge >= 0.3 is 5.97 Å². The standard InChI is InChI=1S/C44H49N5O3/c1-9-30-24(4)35-22-39-31(17-14-28-12-15-29(16-13-28)49(10-2)11-3)25(5)34(46-39)21-36-26(6)32(18-19-41(51)52-8)43(47-36)33-20-40(50)42-27(7)37(48-44(33)42)23-38(30)45-35/h12-17,21-23,26,32,47,50H,9-11,18-20H2,1-8H3/b17-14+,36-21?,38-23?,39-22?,43-33?/t26-,32-/m0/s1. The first-order chi connectivity index (χ1) is 25.1. The Kier molecular flexibility index (Phi) is 9.51. The number of aliphatic imine (C=N–C) groups is 3. The van der Waals surface area contributed by atoms with Gasteiger partial charge in [-0.25, -0.2) is 15.0 Å². The zero-order chi connectivity index (χ0) is 36.8. The van der Waals surface area contributed by atoms with Crippen molar-refractivity contribution in [3.63, 3.8) is 0 Å². The van der Waals surface area contributed by atoms with Crippen molar-refractivity contribution < 1.29 is 14.6 Å². The Balaban J connectivity index is 1.38. The van der Waals surface area contributed by atoms with Gasteiger partial charge in [-0.2, -0.15) is 0 Å². The third-order valence-corrected chi connectivity index (χ3v) is 11.5. The Labute approximate surface area is 307 Å². The highest BCUT2D eigenvalue weighted by Gasteiger charge is 2.41. The molecule has 8 heteroatoms. The second-order valence-corrected chi connectivity index (χ2v) is 14.2. The van der Waals surface area contributed by atoms with Crippen molar-refractivity contribution in [1.29, 1.82) is 0 Å². The summed E-state index contributed by atoms with van der Waals surface area (Å²) in [6.45, 7) is 17.0. The highest BCUT2D eigenvalue weighted by Crippen LogP contribution is 2.46. The quantitative estimate of drug-likeness (QED) is 0.251. The molecular formula is C44H49N5O3. The molecule has 8 bridgehead atoms. The van der Waals surface area contributed by atoms with Crippen LogP contribution in [0.25, 0.3) is 6.08 Å². The third kappa shape index (κ3) is 6.08. The van der Waals surface area contributed by atoms with E-state index in [1.165, 1.54) is 18.4 Å². The minimum Gasteiger partial charge on any atom is -0.511 e. The normalized spacial score (nSPS) is 22.3. The molecule has 0 unspecified atom stereocenters. The van der Waals surface area contributed by atoms with Crippen LogP contribution in [-0.4, -0.2) is 48.4 Å².